The third-order valence-corrected chi connectivity index (χ3v) is 7.94. The standard InChI is InChI=1S/C31H32N2O2S/c1-21-7-6-8-25(16-21)20-33-27-9-4-5-10-28(27)36-29(31(33)35)17-24-11-13-26(14-12-24)30(34)32-18-22(2)15-23(3)19-32/h4-14,16-17,22-23H,15,18-20H2,1-3H3/b29-17+/t22-,23-/m0/s1. The average Bonchev–Trinajstić information content (AvgIpc) is 2.86. The van der Waals surface area contributed by atoms with Crippen LogP contribution < -0.4 is 4.90 Å². The van der Waals surface area contributed by atoms with Crippen LogP contribution in [0.25, 0.3) is 6.08 Å². The fourth-order valence-electron chi connectivity index (χ4n) is 5.30. The summed E-state index contributed by atoms with van der Waals surface area (Å²) in [5.74, 6) is 1.15. The van der Waals surface area contributed by atoms with Gasteiger partial charge in [-0.05, 0) is 66.6 Å². The van der Waals surface area contributed by atoms with Crippen LogP contribution in [-0.4, -0.2) is 29.8 Å². The van der Waals surface area contributed by atoms with E-state index < -0.39 is 0 Å². The lowest BCUT2D eigenvalue weighted by Crippen LogP contribution is -2.42. The monoisotopic (exact) mass is 496 g/mol. The molecule has 0 N–H and O–H groups in total. The maximum absolute atomic E-state index is 13.6. The topological polar surface area (TPSA) is 40.6 Å². The van der Waals surface area contributed by atoms with Crippen LogP contribution in [0.2, 0.25) is 0 Å². The molecule has 4 nitrogen and oxygen atoms in total. The molecule has 0 bridgehead atoms. The molecule has 1 fully saturated rings. The van der Waals surface area contributed by atoms with E-state index in [1.165, 1.54) is 23.7 Å². The third kappa shape index (κ3) is 5.26. The van der Waals surface area contributed by atoms with Crippen molar-refractivity contribution >= 4 is 35.3 Å². The highest BCUT2D eigenvalue weighted by Crippen LogP contribution is 2.42. The predicted molar refractivity (Wildman–Crippen MR) is 148 cm³/mol. The highest BCUT2D eigenvalue weighted by Gasteiger charge is 2.29. The Bertz CT molecular complexity index is 1300. The van der Waals surface area contributed by atoms with E-state index in [1.54, 1.807) is 0 Å². The number of anilines is 1. The van der Waals surface area contributed by atoms with Gasteiger partial charge in [0.1, 0.15) is 0 Å². The fraction of sp³-hybridized carbons (Fsp3) is 0.290. The number of hydrogen-bond donors (Lipinski definition) is 0. The molecule has 0 radical (unpaired) electrons. The molecule has 0 spiro atoms. The first-order chi connectivity index (χ1) is 17.4. The Morgan fingerprint density at radius 1 is 0.972 bits per heavy atom. The highest BCUT2D eigenvalue weighted by atomic mass is 32.2. The van der Waals surface area contributed by atoms with Gasteiger partial charge < -0.3 is 9.80 Å². The van der Waals surface area contributed by atoms with Gasteiger partial charge in [0, 0.05) is 23.5 Å². The molecule has 2 heterocycles. The summed E-state index contributed by atoms with van der Waals surface area (Å²) >= 11 is 1.51. The van der Waals surface area contributed by atoms with Gasteiger partial charge in [-0.25, -0.2) is 0 Å². The normalized spacial score (nSPS) is 21.0. The first kappa shape index (κ1) is 24.4. The minimum atomic E-state index is -0.00310. The largest absolute Gasteiger partial charge is 0.338 e. The number of piperidine rings is 1. The van der Waals surface area contributed by atoms with Gasteiger partial charge in [0.2, 0.25) is 0 Å². The second kappa shape index (κ2) is 10.4. The predicted octanol–water partition coefficient (Wildman–Crippen LogP) is 6.79. The van der Waals surface area contributed by atoms with Crippen LogP contribution >= 0.6 is 11.8 Å². The van der Waals surface area contributed by atoms with Crippen LogP contribution in [0.4, 0.5) is 5.69 Å². The number of carbonyl (C=O) groups excluding carboxylic acids is 2. The Kier molecular flexibility index (Phi) is 7.01. The molecular weight excluding hydrogens is 464 g/mol. The smallest absolute Gasteiger partial charge is 0.265 e. The molecule has 184 valence electrons. The summed E-state index contributed by atoms with van der Waals surface area (Å²) in [6.45, 7) is 8.65. The SMILES string of the molecule is Cc1cccc(CN2C(=O)/C(=C\c3ccc(C(=O)N4C[C@@H](C)C[C@H](C)C4)cc3)Sc3ccccc32)c1. The fourth-order valence-corrected chi connectivity index (χ4v) is 6.36. The molecule has 0 aromatic heterocycles. The minimum absolute atomic E-state index is 0.00310. The third-order valence-electron chi connectivity index (χ3n) is 6.87. The lowest BCUT2D eigenvalue weighted by atomic mass is 9.91. The molecule has 3 aromatic rings. The Morgan fingerprint density at radius 3 is 2.42 bits per heavy atom. The maximum Gasteiger partial charge on any atom is 0.265 e. The van der Waals surface area contributed by atoms with Gasteiger partial charge in [-0.15, -0.1) is 0 Å². The molecule has 36 heavy (non-hydrogen) atoms. The number of nitrogens with zero attached hydrogens (tertiary/aromatic N) is 2. The van der Waals surface area contributed by atoms with Crippen molar-refractivity contribution in [1.29, 1.82) is 0 Å². The lowest BCUT2D eigenvalue weighted by Gasteiger charge is -2.35. The van der Waals surface area contributed by atoms with Crippen molar-refractivity contribution < 1.29 is 9.59 Å². The van der Waals surface area contributed by atoms with Gasteiger partial charge in [0.25, 0.3) is 11.8 Å². The number of fused-ring (bicyclic) bond motifs is 1. The van der Waals surface area contributed by atoms with E-state index in [1.807, 2.05) is 64.4 Å². The molecule has 3 aromatic carbocycles. The summed E-state index contributed by atoms with van der Waals surface area (Å²) in [5, 5.41) is 0. The van der Waals surface area contributed by atoms with Crippen LogP contribution in [0.5, 0.6) is 0 Å². The molecule has 0 saturated carbocycles. The van der Waals surface area contributed by atoms with Crippen molar-refractivity contribution in [2.24, 2.45) is 11.8 Å². The summed E-state index contributed by atoms with van der Waals surface area (Å²) in [5.41, 5.74) is 4.84. The number of rotatable bonds is 4. The van der Waals surface area contributed by atoms with Gasteiger partial charge in [-0.1, -0.05) is 79.7 Å². The zero-order valence-electron chi connectivity index (χ0n) is 21.1. The quantitative estimate of drug-likeness (QED) is 0.373. The second-order valence-corrected chi connectivity index (χ2v) is 11.3. The van der Waals surface area contributed by atoms with E-state index >= 15 is 0 Å². The summed E-state index contributed by atoms with van der Waals surface area (Å²) in [4.78, 5) is 32.3. The first-order valence-electron chi connectivity index (χ1n) is 12.6. The van der Waals surface area contributed by atoms with E-state index in [2.05, 4.69) is 45.0 Å². The van der Waals surface area contributed by atoms with Crippen molar-refractivity contribution in [2.75, 3.05) is 18.0 Å². The summed E-state index contributed by atoms with van der Waals surface area (Å²) in [6, 6.07) is 24.0. The van der Waals surface area contributed by atoms with Gasteiger partial charge in [0.15, 0.2) is 0 Å². The van der Waals surface area contributed by atoms with Crippen molar-refractivity contribution in [2.45, 2.75) is 38.6 Å². The van der Waals surface area contributed by atoms with Gasteiger partial charge in [-0.3, -0.25) is 9.59 Å². The van der Waals surface area contributed by atoms with Gasteiger partial charge in [0.05, 0.1) is 17.1 Å². The zero-order chi connectivity index (χ0) is 25.2. The number of hydrogen-bond acceptors (Lipinski definition) is 3. The highest BCUT2D eigenvalue weighted by molar-refractivity contribution is 8.04. The van der Waals surface area contributed by atoms with E-state index in [0.29, 0.717) is 28.8 Å². The number of amides is 2. The van der Waals surface area contributed by atoms with Gasteiger partial charge in [-0.2, -0.15) is 0 Å². The van der Waals surface area contributed by atoms with Crippen LogP contribution in [0.15, 0.2) is 82.6 Å². The minimum Gasteiger partial charge on any atom is -0.338 e. The summed E-state index contributed by atoms with van der Waals surface area (Å²) < 4.78 is 0. The Balaban J connectivity index is 1.38. The summed E-state index contributed by atoms with van der Waals surface area (Å²) in [6.07, 6.45) is 3.11. The van der Waals surface area contributed by atoms with Crippen LogP contribution in [-0.2, 0) is 11.3 Å². The second-order valence-electron chi connectivity index (χ2n) is 10.2. The molecule has 5 rings (SSSR count). The van der Waals surface area contributed by atoms with Gasteiger partial charge >= 0.3 is 0 Å². The number of para-hydroxylation sites is 1. The zero-order valence-corrected chi connectivity index (χ0v) is 21.9. The Morgan fingerprint density at radius 2 is 1.69 bits per heavy atom. The number of benzene rings is 3. The number of aryl methyl sites for hydroxylation is 1. The number of carbonyl (C=O) groups is 2. The molecule has 1 saturated heterocycles. The van der Waals surface area contributed by atoms with Crippen LogP contribution in [0.3, 0.4) is 0 Å². The molecule has 5 heteroatoms. The molecule has 2 amide bonds. The van der Waals surface area contributed by atoms with E-state index in [0.717, 1.165) is 34.8 Å². The molecule has 2 aliphatic rings. The van der Waals surface area contributed by atoms with E-state index in [4.69, 9.17) is 0 Å². The molecule has 0 unspecified atom stereocenters. The summed E-state index contributed by atoms with van der Waals surface area (Å²) in [7, 11) is 0. The van der Waals surface area contributed by atoms with Crippen molar-refractivity contribution in [3.8, 4) is 0 Å². The Labute approximate surface area is 218 Å². The number of likely N-dealkylation sites (tertiary alicyclic amines) is 1. The lowest BCUT2D eigenvalue weighted by molar-refractivity contribution is -0.114. The van der Waals surface area contributed by atoms with Crippen LogP contribution in [0, 0.1) is 18.8 Å². The van der Waals surface area contributed by atoms with Crippen molar-refractivity contribution in [3.05, 3.63) is 100.0 Å². The average molecular weight is 497 g/mol. The molecular formula is C31H32N2O2S. The number of thioether (sulfide) groups is 1. The molecule has 2 aliphatic heterocycles. The van der Waals surface area contributed by atoms with Crippen LogP contribution in [0.1, 0.15) is 47.3 Å². The van der Waals surface area contributed by atoms with Crippen molar-refractivity contribution in [3.63, 3.8) is 0 Å². The first-order valence-corrected chi connectivity index (χ1v) is 13.4. The van der Waals surface area contributed by atoms with Crippen molar-refractivity contribution in [1.82, 2.24) is 4.90 Å². The molecule has 0 aliphatic carbocycles. The van der Waals surface area contributed by atoms with E-state index in [9.17, 15) is 9.59 Å². The molecule has 2 atom stereocenters. The maximum atomic E-state index is 13.6. The van der Waals surface area contributed by atoms with E-state index in [-0.39, 0.29) is 11.8 Å². The Hall–Kier alpha value is -3.31.